The maximum atomic E-state index is 4.04. The van der Waals surface area contributed by atoms with Gasteiger partial charge in [0.2, 0.25) is 0 Å². The SMILES string of the molecule is Cc1nncn1CCN1CCC2(CCN(C)C2)CC1. The van der Waals surface area contributed by atoms with E-state index in [0.717, 1.165) is 18.9 Å². The largest absolute Gasteiger partial charge is 0.317 e. The molecule has 2 aliphatic heterocycles. The average molecular weight is 263 g/mol. The zero-order chi connectivity index (χ0) is 13.3. The van der Waals surface area contributed by atoms with Crippen molar-refractivity contribution in [2.75, 3.05) is 39.8 Å². The molecular formula is C14H25N5. The molecule has 0 radical (unpaired) electrons. The minimum atomic E-state index is 0.637. The maximum Gasteiger partial charge on any atom is 0.129 e. The van der Waals surface area contributed by atoms with Gasteiger partial charge in [0.1, 0.15) is 12.2 Å². The van der Waals surface area contributed by atoms with Crippen LogP contribution in [0.3, 0.4) is 0 Å². The Morgan fingerprint density at radius 1 is 1.16 bits per heavy atom. The lowest BCUT2D eigenvalue weighted by Gasteiger charge is -2.39. The maximum absolute atomic E-state index is 4.04. The number of piperidine rings is 1. The first-order chi connectivity index (χ1) is 9.17. The second-order valence-corrected chi connectivity index (χ2v) is 6.40. The first kappa shape index (κ1) is 13.1. The predicted octanol–water partition coefficient (Wildman–Crippen LogP) is 1.00. The quantitative estimate of drug-likeness (QED) is 0.815. The topological polar surface area (TPSA) is 37.2 Å². The van der Waals surface area contributed by atoms with Crippen LogP contribution >= 0.6 is 0 Å². The van der Waals surface area contributed by atoms with Crippen molar-refractivity contribution in [2.45, 2.75) is 32.7 Å². The Morgan fingerprint density at radius 3 is 2.47 bits per heavy atom. The van der Waals surface area contributed by atoms with E-state index in [2.05, 4.69) is 31.6 Å². The van der Waals surface area contributed by atoms with Gasteiger partial charge < -0.3 is 14.4 Å². The number of aryl methyl sites for hydroxylation is 1. The van der Waals surface area contributed by atoms with Crippen LogP contribution in [0.5, 0.6) is 0 Å². The zero-order valence-corrected chi connectivity index (χ0v) is 12.2. The molecule has 5 heteroatoms. The van der Waals surface area contributed by atoms with Gasteiger partial charge in [0.25, 0.3) is 0 Å². The summed E-state index contributed by atoms with van der Waals surface area (Å²) in [5.41, 5.74) is 0.637. The van der Waals surface area contributed by atoms with E-state index in [1.54, 1.807) is 0 Å². The molecule has 0 aliphatic carbocycles. The second-order valence-electron chi connectivity index (χ2n) is 6.40. The minimum Gasteiger partial charge on any atom is -0.317 e. The van der Waals surface area contributed by atoms with Gasteiger partial charge in [-0.25, -0.2) is 0 Å². The lowest BCUT2D eigenvalue weighted by Crippen LogP contribution is -2.42. The first-order valence-electron chi connectivity index (χ1n) is 7.42. The lowest BCUT2D eigenvalue weighted by atomic mass is 9.78. The lowest BCUT2D eigenvalue weighted by molar-refractivity contribution is 0.108. The van der Waals surface area contributed by atoms with E-state index in [1.165, 1.54) is 45.4 Å². The number of likely N-dealkylation sites (tertiary alicyclic amines) is 2. The molecule has 0 N–H and O–H groups in total. The highest BCUT2D eigenvalue weighted by molar-refractivity contribution is 4.93. The summed E-state index contributed by atoms with van der Waals surface area (Å²) in [6.45, 7) is 9.29. The van der Waals surface area contributed by atoms with Crippen LogP contribution in [0.1, 0.15) is 25.1 Å². The van der Waals surface area contributed by atoms with Gasteiger partial charge in [0.15, 0.2) is 0 Å². The standard InChI is InChI=1S/C14H25N5/c1-13-16-15-12-19(13)10-9-18-7-4-14(5-8-18)3-6-17(2)11-14/h12H,3-11H2,1-2H3. The Kier molecular flexibility index (Phi) is 3.58. The monoisotopic (exact) mass is 263 g/mol. The highest BCUT2D eigenvalue weighted by Gasteiger charge is 2.38. The molecule has 0 bridgehead atoms. The molecule has 1 aromatic rings. The Morgan fingerprint density at radius 2 is 1.89 bits per heavy atom. The molecule has 3 heterocycles. The summed E-state index contributed by atoms with van der Waals surface area (Å²) in [4.78, 5) is 5.10. The molecule has 2 saturated heterocycles. The molecule has 0 aromatic carbocycles. The predicted molar refractivity (Wildman–Crippen MR) is 75.0 cm³/mol. The van der Waals surface area contributed by atoms with Crippen molar-refractivity contribution in [1.82, 2.24) is 24.6 Å². The smallest absolute Gasteiger partial charge is 0.129 e. The Labute approximate surface area is 115 Å². The Balaban J connectivity index is 1.47. The van der Waals surface area contributed by atoms with E-state index in [-0.39, 0.29) is 0 Å². The third-order valence-corrected chi connectivity index (χ3v) is 5.01. The molecule has 2 aliphatic rings. The fourth-order valence-corrected chi connectivity index (χ4v) is 3.60. The molecule has 5 nitrogen and oxygen atoms in total. The molecule has 0 unspecified atom stereocenters. The van der Waals surface area contributed by atoms with Crippen LogP contribution in [0.4, 0.5) is 0 Å². The zero-order valence-electron chi connectivity index (χ0n) is 12.2. The van der Waals surface area contributed by atoms with Crippen molar-refractivity contribution in [3.63, 3.8) is 0 Å². The van der Waals surface area contributed by atoms with Crippen LogP contribution in [-0.2, 0) is 6.54 Å². The van der Waals surface area contributed by atoms with Gasteiger partial charge in [-0.2, -0.15) is 0 Å². The van der Waals surface area contributed by atoms with Crippen LogP contribution in [0, 0.1) is 12.3 Å². The number of aromatic nitrogens is 3. The first-order valence-corrected chi connectivity index (χ1v) is 7.42. The van der Waals surface area contributed by atoms with Gasteiger partial charge in [0, 0.05) is 19.6 Å². The molecule has 0 atom stereocenters. The molecule has 106 valence electrons. The molecule has 19 heavy (non-hydrogen) atoms. The summed E-state index contributed by atoms with van der Waals surface area (Å²) < 4.78 is 2.15. The summed E-state index contributed by atoms with van der Waals surface area (Å²) in [6.07, 6.45) is 5.99. The van der Waals surface area contributed by atoms with Crippen LogP contribution < -0.4 is 0 Å². The van der Waals surface area contributed by atoms with Crippen molar-refractivity contribution >= 4 is 0 Å². The molecule has 2 fully saturated rings. The van der Waals surface area contributed by atoms with Crippen molar-refractivity contribution < 1.29 is 0 Å². The third-order valence-electron chi connectivity index (χ3n) is 5.01. The number of hydrogen-bond donors (Lipinski definition) is 0. The van der Waals surface area contributed by atoms with E-state index in [1.807, 2.05) is 13.3 Å². The van der Waals surface area contributed by atoms with E-state index >= 15 is 0 Å². The Hall–Kier alpha value is -0.940. The van der Waals surface area contributed by atoms with E-state index in [4.69, 9.17) is 0 Å². The minimum absolute atomic E-state index is 0.637. The molecule has 1 spiro atoms. The summed E-state index contributed by atoms with van der Waals surface area (Å²) in [5, 5.41) is 7.98. The van der Waals surface area contributed by atoms with E-state index < -0.39 is 0 Å². The summed E-state index contributed by atoms with van der Waals surface area (Å²) >= 11 is 0. The summed E-state index contributed by atoms with van der Waals surface area (Å²) in [7, 11) is 2.26. The molecule has 3 rings (SSSR count). The fraction of sp³-hybridized carbons (Fsp3) is 0.857. The molecule has 0 saturated carbocycles. The average Bonchev–Trinajstić information content (AvgIpc) is 2.97. The summed E-state index contributed by atoms with van der Waals surface area (Å²) in [5.74, 6) is 1.02. The molecule has 1 aromatic heterocycles. The van der Waals surface area contributed by atoms with Crippen LogP contribution in [0.15, 0.2) is 6.33 Å². The Bertz CT molecular complexity index is 419. The van der Waals surface area contributed by atoms with Gasteiger partial charge in [-0.3, -0.25) is 0 Å². The number of nitrogens with zero attached hydrogens (tertiary/aromatic N) is 5. The van der Waals surface area contributed by atoms with Crippen molar-refractivity contribution in [3.8, 4) is 0 Å². The third kappa shape index (κ3) is 2.82. The van der Waals surface area contributed by atoms with Gasteiger partial charge in [0.05, 0.1) is 0 Å². The number of rotatable bonds is 3. The normalized spacial score (nSPS) is 24.3. The number of hydrogen-bond acceptors (Lipinski definition) is 4. The van der Waals surface area contributed by atoms with Crippen molar-refractivity contribution in [1.29, 1.82) is 0 Å². The van der Waals surface area contributed by atoms with Crippen molar-refractivity contribution in [3.05, 3.63) is 12.2 Å². The van der Waals surface area contributed by atoms with E-state index in [9.17, 15) is 0 Å². The summed E-state index contributed by atoms with van der Waals surface area (Å²) in [6, 6.07) is 0. The van der Waals surface area contributed by atoms with Gasteiger partial charge in [-0.05, 0) is 58.3 Å². The van der Waals surface area contributed by atoms with Crippen molar-refractivity contribution in [2.24, 2.45) is 5.41 Å². The molecule has 0 amide bonds. The van der Waals surface area contributed by atoms with E-state index in [0.29, 0.717) is 5.41 Å². The van der Waals surface area contributed by atoms with Crippen LogP contribution in [-0.4, -0.2) is 64.3 Å². The highest BCUT2D eigenvalue weighted by atomic mass is 15.3. The highest BCUT2D eigenvalue weighted by Crippen LogP contribution is 2.39. The molecular weight excluding hydrogens is 238 g/mol. The van der Waals surface area contributed by atoms with Crippen LogP contribution in [0.2, 0.25) is 0 Å². The van der Waals surface area contributed by atoms with Gasteiger partial charge in [-0.15, -0.1) is 10.2 Å². The van der Waals surface area contributed by atoms with Gasteiger partial charge >= 0.3 is 0 Å². The van der Waals surface area contributed by atoms with Gasteiger partial charge in [-0.1, -0.05) is 0 Å². The van der Waals surface area contributed by atoms with Crippen LogP contribution in [0.25, 0.3) is 0 Å². The fourth-order valence-electron chi connectivity index (χ4n) is 3.60. The second kappa shape index (κ2) is 5.21.